The van der Waals surface area contributed by atoms with E-state index < -0.39 is 0 Å². The third kappa shape index (κ3) is 5.36. The maximum atomic E-state index is 13.6. The van der Waals surface area contributed by atoms with Gasteiger partial charge in [0.2, 0.25) is 0 Å². The molecule has 0 radical (unpaired) electrons. The van der Waals surface area contributed by atoms with Crippen LogP contribution in [0.1, 0.15) is 76.0 Å². The van der Waals surface area contributed by atoms with Gasteiger partial charge in [0.25, 0.3) is 5.91 Å². The first kappa shape index (κ1) is 27.9. The van der Waals surface area contributed by atoms with E-state index in [2.05, 4.69) is 37.9 Å². The average molecular weight is 541 g/mol. The van der Waals surface area contributed by atoms with Gasteiger partial charge in [0, 0.05) is 54.0 Å². The first-order valence-electron chi connectivity index (χ1n) is 14.1. The molecule has 1 heterocycles. The molecule has 0 bridgehead atoms. The largest absolute Gasteiger partial charge is 0.484 e. The summed E-state index contributed by atoms with van der Waals surface area (Å²) in [6.45, 7) is 12.4. The van der Waals surface area contributed by atoms with Crippen LogP contribution in [0.25, 0.3) is 0 Å². The Bertz CT molecular complexity index is 1410. The smallest absolute Gasteiger partial charge is 0.262 e. The van der Waals surface area contributed by atoms with E-state index in [4.69, 9.17) is 4.74 Å². The molecule has 0 spiro atoms. The van der Waals surface area contributed by atoms with Crippen molar-refractivity contribution in [2.24, 2.45) is 10.8 Å². The van der Waals surface area contributed by atoms with Gasteiger partial charge in [0.15, 0.2) is 18.2 Å². The molecule has 2 aromatic rings. The molecule has 210 valence electrons. The normalized spacial score (nSPS) is 20.3. The predicted molar refractivity (Wildman–Crippen MR) is 157 cm³/mol. The summed E-state index contributed by atoms with van der Waals surface area (Å²) in [5.41, 5.74) is 7.15. The van der Waals surface area contributed by atoms with E-state index in [0.29, 0.717) is 18.6 Å². The van der Waals surface area contributed by atoms with Crippen molar-refractivity contribution >= 4 is 23.2 Å². The lowest BCUT2D eigenvalue weighted by Gasteiger charge is -2.47. The Morgan fingerprint density at radius 1 is 0.875 bits per heavy atom. The van der Waals surface area contributed by atoms with Crippen LogP contribution in [0.3, 0.4) is 0 Å². The number of carbonyl (C=O) groups is 3. The number of hydrogen-bond acceptors (Lipinski definition) is 5. The fourth-order valence-electron chi connectivity index (χ4n) is 6.54. The van der Waals surface area contributed by atoms with E-state index >= 15 is 0 Å². The van der Waals surface area contributed by atoms with Crippen LogP contribution in [-0.2, 0) is 14.4 Å². The number of carbonyl (C=O) groups excluding carboxylic acids is 3. The number of ketones is 2. The van der Waals surface area contributed by atoms with Crippen LogP contribution in [0.15, 0.2) is 65.0 Å². The summed E-state index contributed by atoms with van der Waals surface area (Å²) in [6, 6.07) is 13.4. The first-order valence-corrected chi connectivity index (χ1v) is 14.1. The SMILES string of the molecule is Cc1ccc(NC(=O)COc2ccc(C3C4=C(CC(C)(C)CC4=O)N(C)C4=C3C(=O)CC(C)(C)C4)cc2)c(C)c1. The molecule has 40 heavy (non-hydrogen) atoms. The monoisotopic (exact) mass is 540 g/mol. The first-order chi connectivity index (χ1) is 18.7. The van der Waals surface area contributed by atoms with Crippen LogP contribution in [0.5, 0.6) is 5.75 Å². The minimum absolute atomic E-state index is 0.118. The lowest BCUT2D eigenvalue weighted by molar-refractivity contribution is -0.120. The number of allylic oxidation sites excluding steroid dienone is 4. The lowest BCUT2D eigenvalue weighted by atomic mass is 9.64. The van der Waals surface area contributed by atoms with Crippen LogP contribution in [0.4, 0.5) is 5.69 Å². The molecular weight excluding hydrogens is 500 g/mol. The summed E-state index contributed by atoms with van der Waals surface area (Å²) < 4.78 is 5.79. The highest BCUT2D eigenvalue weighted by atomic mass is 16.5. The number of ether oxygens (including phenoxy) is 1. The van der Waals surface area contributed by atoms with Gasteiger partial charge in [-0.25, -0.2) is 0 Å². The molecule has 1 aliphatic heterocycles. The van der Waals surface area contributed by atoms with Crippen molar-refractivity contribution < 1.29 is 19.1 Å². The summed E-state index contributed by atoms with van der Waals surface area (Å²) in [6.07, 6.45) is 2.52. The van der Waals surface area contributed by atoms with Gasteiger partial charge < -0.3 is 15.0 Å². The van der Waals surface area contributed by atoms with E-state index in [0.717, 1.165) is 57.8 Å². The molecule has 6 nitrogen and oxygen atoms in total. The van der Waals surface area contributed by atoms with Crippen molar-refractivity contribution in [3.05, 3.63) is 81.7 Å². The lowest BCUT2D eigenvalue weighted by Crippen LogP contribution is -2.43. The van der Waals surface area contributed by atoms with Gasteiger partial charge in [-0.2, -0.15) is 0 Å². The second kappa shape index (κ2) is 10.1. The molecule has 2 aromatic carbocycles. The minimum Gasteiger partial charge on any atom is -0.484 e. The third-order valence-electron chi connectivity index (χ3n) is 8.42. The van der Waals surface area contributed by atoms with Gasteiger partial charge in [0.05, 0.1) is 0 Å². The number of hydrogen-bond donors (Lipinski definition) is 1. The second-order valence-electron chi connectivity index (χ2n) is 13.3. The molecule has 5 rings (SSSR count). The summed E-state index contributed by atoms with van der Waals surface area (Å²) in [5.74, 6) is 0.187. The highest BCUT2D eigenvalue weighted by Gasteiger charge is 2.48. The zero-order valence-electron chi connectivity index (χ0n) is 24.7. The highest BCUT2D eigenvalue weighted by molar-refractivity contribution is 6.06. The maximum Gasteiger partial charge on any atom is 0.262 e. The predicted octanol–water partition coefficient (Wildman–Crippen LogP) is 6.64. The summed E-state index contributed by atoms with van der Waals surface area (Å²) in [7, 11) is 2.02. The molecule has 0 atom stereocenters. The van der Waals surface area contributed by atoms with Gasteiger partial charge in [-0.15, -0.1) is 0 Å². The summed E-state index contributed by atoms with van der Waals surface area (Å²) in [5, 5.41) is 2.90. The van der Waals surface area contributed by atoms with Crippen molar-refractivity contribution in [2.45, 2.75) is 73.1 Å². The Kier molecular flexibility index (Phi) is 7.01. The number of anilines is 1. The van der Waals surface area contributed by atoms with E-state index in [9.17, 15) is 14.4 Å². The number of nitrogens with one attached hydrogen (secondary N) is 1. The van der Waals surface area contributed by atoms with E-state index in [1.807, 2.05) is 63.4 Å². The minimum atomic E-state index is -0.379. The molecule has 2 aliphatic carbocycles. The average Bonchev–Trinajstić information content (AvgIpc) is 2.85. The molecule has 0 saturated carbocycles. The zero-order chi connectivity index (χ0) is 29.0. The fourth-order valence-corrected chi connectivity index (χ4v) is 6.54. The number of nitrogens with zero attached hydrogens (tertiary/aromatic N) is 1. The van der Waals surface area contributed by atoms with Gasteiger partial charge in [-0.1, -0.05) is 57.5 Å². The quantitative estimate of drug-likeness (QED) is 0.460. The van der Waals surface area contributed by atoms with Crippen molar-refractivity contribution in [3.8, 4) is 5.75 Å². The number of Topliss-reactive ketones (excluding diaryl/α,β-unsaturated/α-hetero) is 2. The molecule has 3 aliphatic rings. The van der Waals surface area contributed by atoms with E-state index in [1.54, 1.807) is 0 Å². The molecule has 1 N–H and O–H groups in total. The Morgan fingerprint density at radius 2 is 1.43 bits per heavy atom. The molecule has 0 saturated heterocycles. The van der Waals surface area contributed by atoms with Crippen molar-refractivity contribution in [1.82, 2.24) is 4.90 Å². The van der Waals surface area contributed by atoms with Crippen molar-refractivity contribution in [3.63, 3.8) is 0 Å². The summed E-state index contributed by atoms with van der Waals surface area (Å²) in [4.78, 5) is 41.9. The Hall–Kier alpha value is -3.67. The molecular formula is C34H40N2O4. The zero-order valence-corrected chi connectivity index (χ0v) is 24.7. The molecule has 6 heteroatoms. The highest BCUT2D eigenvalue weighted by Crippen LogP contribution is 2.53. The molecule has 0 aromatic heterocycles. The van der Waals surface area contributed by atoms with Gasteiger partial charge >= 0.3 is 0 Å². The third-order valence-corrected chi connectivity index (χ3v) is 8.42. The number of benzene rings is 2. The van der Waals surface area contributed by atoms with Crippen molar-refractivity contribution in [1.29, 1.82) is 0 Å². The van der Waals surface area contributed by atoms with E-state index in [1.165, 1.54) is 0 Å². The Balaban J connectivity index is 1.41. The van der Waals surface area contributed by atoms with Crippen molar-refractivity contribution in [2.75, 3.05) is 19.0 Å². The maximum absolute atomic E-state index is 13.6. The van der Waals surface area contributed by atoms with Gasteiger partial charge in [0.1, 0.15) is 5.75 Å². The van der Waals surface area contributed by atoms with Gasteiger partial charge in [-0.3, -0.25) is 14.4 Å². The number of aryl methyl sites for hydroxylation is 2. The van der Waals surface area contributed by atoms with Gasteiger partial charge in [-0.05, 0) is 66.8 Å². The van der Waals surface area contributed by atoms with Crippen LogP contribution in [0.2, 0.25) is 0 Å². The second-order valence-corrected chi connectivity index (χ2v) is 13.3. The van der Waals surface area contributed by atoms with Crippen LogP contribution < -0.4 is 10.1 Å². The molecule has 0 fully saturated rings. The van der Waals surface area contributed by atoms with Crippen LogP contribution in [-0.4, -0.2) is 36.0 Å². The topological polar surface area (TPSA) is 75.7 Å². The number of amides is 1. The molecule has 0 unspecified atom stereocenters. The number of rotatable bonds is 5. The Morgan fingerprint density at radius 3 is 1.95 bits per heavy atom. The Labute approximate surface area is 237 Å². The van der Waals surface area contributed by atoms with Crippen LogP contribution in [0, 0.1) is 24.7 Å². The molecule has 1 amide bonds. The van der Waals surface area contributed by atoms with E-state index in [-0.39, 0.29) is 40.8 Å². The standard InChI is InChI=1S/C34H40N2O4/c1-20-8-13-24(21(2)14-20)35-29(39)19-40-23-11-9-22(10-12-23)30-31-25(15-33(3,4)17-27(31)37)36(7)26-16-34(5,6)18-28(38)32(26)30/h8-14,30H,15-19H2,1-7H3,(H,35,39). The summed E-state index contributed by atoms with van der Waals surface area (Å²) >= 11 is 0. The fraction of sp³-hybridized carbons (Fsp3) is 0.441. The van der Waals surface area contributed by atoms with Crippen LogP contribution >= 0.6 is 0 Å².